The fourth-order valence-corrected chi connectivity index (χ4v) is 3.72. The zero-order chi connectivity index (χ0) is 17.0. The highest BCUT2D eigenvalue weighted by Crippen LogP contribution is 2.27. The topological polar surface area (TPSA) is 101 Å². The summed E-state index contributed by atoms with van der Waals surface area (Å²) in [5.41, 5.74) is 6.86. The maximum absolute atomic E-state index is 12.1. The van der Waals surface area contributed by atoms with Crippen molar-refractivity contribution in [1.29, 1.82) is 0 Å². The zero-order valence-corrected chi connectivity index (χ0v) is 14.4. The largest absolute Gasteiger partial charge is 0.350 e. The Kier molecular flexibility index (Phi) is 5.78. The standard InChI is InChI=1S/C16H25N3O3S/c1-11(19-16(20)10-13-4-3-5-15(13)17)12-6-8-14(9-7-12)23(21,22)18-2/h6-9,11,13,15,18H,3-5,10,17H2,1-2H3,(H,19,20)/t11?,13-,15+/m0/s1. The van der Waals surface area contributed by atoms with Crippen molar-refractivity contribution in [1.82, 2.24) is 10.0 Å². The number of benzene rings is 1. The van der Waals surface area contributed by atoms with E-state index in [1.807, 2.05) is 6.92 Å². The highest BCUT2D eigenvalue weighted by Gasteiger charge is 2.26. The summed E-state index contributed by atoms with van der Waals surface area (Å²) in [5, 5.41) is 2.96. The van der Waals surface area contributed by atoms with Gasteiger partial charge in [-0.3, -0.25) is 4.79 Å². The van der Waals surface area contributed by atoms with E-state index in [2.05, 4.69) is 10.0 Å². The Morgan fingerprint density at radius 2 is 1.96 bits per heavy atom. The number of hydrogen-bond donors (Lipinski definition) is 3. The van der Waals surface area contributed by atoms with E-state index in [4.69, 9.17) is 5.73 Å². The number of carbonyl (C=O) groups is 1. The van der Waals surface area contributed by atoms with Gasteiger partial charge in [0.25, 0.3) is 0 Å². The Balaban J connectivity index is 1.95. The maximum atomic E-state index is 12.1. The molecule has 23 heavy (non-hydrogen) atoms. The number of carbonyl (C=O) groups excluding carboxylic acids is 1. The molecular formula is C16H25N3O3S. The summed E-state index contributed by atoms with van der Waals surface area (Å²) < 4.78 is 25.7. The van der Waals surface area contributed by atoms with Crippen molar-refractivity contribution in [3.63, 3.8) is 0 Å². The lowest BCUT2D eigenvalue weighted by atomic mass is 9.99. The van der Waals surface area contributed by atoms with Crippen molar-refractivity contribution >= 4 is 15.9 Å². The molecule has 1 aromatic rings. The second-order valence-electron chi connectivity index (χ2n) is 6.12. The summed E-state index contributed by atoms with van der Waals surface area (Å²) in [7, 11) is -2.06. The zero-order valence-electron chi connectivity index (χ0n) is 13.6. The molecule has 1 aliphatic carbocycles. The molecule has 0 spiro atoms. The van der Waals surface area contributed by atoms with Crippen LogP contribution >= 0.6 is 0 Å². The van der Waals surface area contributed by atoms with Gasteiger partial charge in [0, 0.05) is 12.5 Å². The van der Waals surface area contributed by atoms with Crippen LogP contribution in [0.2, 0.25) is 0 Å². The number of amides is 1. The first-order valence-corrected chi connectivity index (χ1v) is 9.40. The van der Waals surface area contributed by atoms with Gasteiger partial charge in [-0.1, -0.05) is 18.6 Å². The van der Waals surface area contributed by atoms with Crippen LogP contribution in [0.1, 0.15) is 44.2 Å². The predicted octanol–water partition coefficient (Wildman–Crippen LogP) is 1.29. The molecular weight excluding hydrogens is 314 g/mol. The van der Waals surface area contributed by atoms with Crippen molar-refractivity contribution in [3.05, 3.63) is 29.8 Å². The van der Waals surface area contributed by atoms with Gasteiger partial charge in [0.1, 0.15) is 0 Å². The average molecular weight is 339 g/mol. The van der Waals surface area contributed by atoms with Gasteiger partial charge in [-0.05, 0) is 50.4 Å². The normalized spacial score (nSPS) is 22.7. The van der Waals surface area contributed by atoms with Crippen molar-refractivity contribution in [2.24, 2.45) is 11.7 Å². The number of nitrogens with two attached hydrogens (primary N) is 1. The minimum Gasteiger partial charge on any atom is -0.350 e. The second kappa shape index (κ2) is 7.42. The summed E-state index contributed by atoms with van der Waals surface area (Å²) in [6.45, 7) is 1.88. The minimum atomic E-state index is -3.44. The van der Waals surface area contributed by atoms with Crippen LogP contribution in [0.25, 0.3) is 0 Å². The van der Waals surface area contributed by atoms with Gasteiger partial charge < -0.3 is 11.1 Å². The molecule has 7 heteroatoms. The molecule has 0 saturated heterocycles. The third-order valence-electron chi connectivity index (χ3n) is 4.50. The van der Waals surface area contributed by atoms with Crippen LogP contribution in [0.5, 0.6) is 0 Å². The molecule has 1 unspecified atom stereocenters. The molecule has 3 atom stereocenters. The van der Waals surface area contributed by atoms with E-state index in [0.717, 1.165) is 24.8 Å². The van der Waals surface area contributed by atoms with Gasteiger partial charge in [-0.15, -0.1) is 0 Å². The van der Waals surface area contributed by atoms with Gasteiger partial charge in [-0.2, -0.15) is 0 Å². The molecule has 1 aliphatic rings. The lowest BCUT2D eigenvalue weighted by Gasteiger charge is -2.18. The van der Waals surface area contributed by atoms with Crippen LogP contribution in [0.4, 0.5) is 0 Å². The Hall–Kier alpha value is -1.44. The Morgan fingerprint density at radius 1 is 1.30 bits per heavy atom. The molecule has 0 heterocycles. The average Bonchev–Trinajstić information content (AvgIpc) is 2.92. The summed E-state index contributed by atoms with van der Waals surface area (Å²) in [6.07, 6.45) is 3.56. The monoisotopic (exact) mass is 339 g/mol. The molecule has 1 saturated carbocycles. The van der Waals surface area contributed by atoms with Gasteiger partial charge in [-0.25, -0.2) is 13.1 Å². The van der Waals surface area contributed by atoms with E-state index >= 15 is 0 Å². The predicted molar refractivity (Wildman–Crippen MR) is 89.2 cm³/mol. The third kappa shape index (κ3) is 4.53. The molecule has 0 aromatic heterocycles. The van der Waals surface area contributed by atoms with Crippen LogP contribution in [0.3, 0.4) is 0 Å². The first-order valence-electron chi connectivity index (χ1n) is 7.92. The quantitative estimate of drug-likeness (QED) is 0.727. The van der Waals surface area contributed by atoms with E-state index < -0.39 is 10.0 Å². The van der Waals surface area contributed by atoms with E-state index in [1.54, 1.807) is 12.1 Å². The molecule has 4 N–H and O–H groups in total. The smallest absolute Gasteiger partial charge is 0.240 e. The third-order valence-corrected chi connectivity index (χ3v) is 5.93. The summed E-state index contributed by atoms with van der Waals surface area (Å²) in [5.74, 6) is 0.261. The Morgan fingerprint density at radius 3 is 2.48 bits per heavy atom. The fraction of sp³-hybridized carbons (Fsp3) is 0.562. The molecule has 2 rings (SSSR count). The van der Waals surface area contributed by atoms with Gasteiger partial charge >= 0.3 is 0 Å². The SMILES string of the molecule is CNS(=O)(=O)c1ccc(C(C)NC(=O)C[C@@H]2CCC[C@H]2N)cc1. The van der Waals surface area contributed by atoms with Crippen LogP contribution < -0.4 is 15.8 Å². The molecule has 1 amide bonds. The van der Waals surface area contributed by atoms with Crippen molar-refractivity contribution < 1.29 is 13.2 Å². The highest BCUT2D eigenvalue weighted by molar-refractivity contribution is 7.89. The molecule has 0 aliphatic heterocycles. The molecule has 0 bridgehead atoms. The maximum Gasteiger partial charge on any atom is 0.240 e. The van der Waals surface area contributed by atoms with Gasteiger partial charge in [0.2, 0.25) is 15.9 Å². The van der Waals surface area contributed by atoms with Crippen molar-refractivity contribution in [3.8, 4) is 0 Å². The molecule has 128 valence electrons. The first kappa shape index (κ1) is 17.9. The van der Waals surface area contributed by atoms with Gasteiger partial charge in [0.15, 0.2) is 0 Å². The summed E-state index contributed by atoms with van der Waals surface area (Å²) in [6, 6.07) is 6.47. The summed E-state index contributed by atoms with van der Waals surface area (Å²) >= 11 is 0. The molecule has 0 radical (unpaired) electrons. The lowest BCUT2D eigenvalue weighted by molar-refractivity contribution is -0.122. The fourth-order valence-electron chi connectivity index (χ4n) is 2.99. The summed E-state index contributed by atoms with van der Waals surface area (Å²) in [4.78, 5) is 12.3. The highest BCUT2D eigenvalue weighted by atomic mass is 32.2. The van der Waals surface area contributed by atoms with Crippen LogP contribution in [-0.2, 0) is 14.8 Å². The van der Waals surface area contributed by atoms with Crippen molar-refractivity contribution in [2.75, 3.05) is 7.05 Å². The number of rotatable bonds is 6. The second-order valence-corrected chi connectivity index (χ2v) is 8.01. The van der Waals surface area contributed by atoms with Gasteiger partial charge in [0.05, 0.1) is 10.9 Å². The lowest BCUT2D eigenvalue weighted by Crippen LogP contribution is -2.32. The molecule has 6 nitrogen and oxygen atoms in total. The van der Waals surface area contributed by atoms with E-state index in [-0.39, 0.29) is 28.8 Å². The Labute approximate surface area is 137 Å². The first-order chi connectivity index (χ1) is 10.8. The van der Waals surface area contributed by atoms with Crippen molar-refractivity contribution in [2.45, 2.75) is 49.6 Å². The molecule has 1 aromatic carbocycles. The number of nitrogens with one attached hydrogen (secondary N) is 2. The van der Waals surface area contributed by atoms with E-state index in [0.29, 0.717) is 6.42 Å². The number of hydrogen-bond acceptors (Lipinski definition) is 4. The van der Waals surface area contributed by atoms with E-state index in [1.165, 1.54) is 19.2 Å². The minimum absolute atomic E-state index is 0.00762. The van der Waals surface area contributed by atoms with Crippen LogP contribution in [0, 0.1) is 5.92 Å². The van der Waals surface area contributed by atoms with Crippen LogP contribution in [-0.4, -0.2) is 27.4 Å². The van der Waals surface area contributed by atoms with E-state index in [9.17, 15) is 13.2 Å². The molecule has 1 fully saturated rings. The number of sulfonamides is 1. The Bertz CT molecular complexity index is 643. The van der Waals surface area contributed by atoms with Crippen LogP contribution in [0.15, 0.2) is 29.2 Å².